The highest BCUT2D eigenvalue weighted by Gasteiger charge is 2.23. The lowest BCUT2D eigenvalue weighted by Gasteiger charge is -2.26. The molecule has 0 aromatic carbocycles. The second-order valence-electron chi connectivity index (χ2n) is 6.86. The first-order valence-corrected chi connectivity index (χ1v) is 8.55. The lowest BCUT2D eigenvalue weighted by molar-refractivity contribution is 0.475. The van der Waals surface area contributed by atoms with E-state index in [-0.39, 0.29) is 5.41 Å². The molecule has 4 N–H and O–H groups in total. The van der Waals surface area contributed by atoms with E-state index in [1.807, 2.05) is 20.8 Å². The number of nitrogens with two attached hydrogens (primary N) is 1. The molecule has 120 valence electrons. The number of nitrogens with zero attached hydrogens (tertiary/aromatic N) is 2. The molecule has 0 aliphatic rings. The van der Waals surface area contributed by atoms with Gasteiger partial charge >= 0.3 is 0 Å². The fourth-order valence-electron chi connectivity index (χ4n) is 1.74. The molecule has 1 heterocycles. The molecule has 0 atom stereocenters. The van der Waals surface area contributed by atoms with Gasteiger partial charge in [-0.15, -0.1) is 0 Å². The van der Waals surface area contributed by atoms with Gasteiger partial charge in [0, 0.05) is 23.6 Å². The van der Waals surface area contributed by atoms with E-state index in [0.717, 1.165) is 6.26 Å². The molecule has 0 fully saturated rings. The van der Waals surface area contributed by atoms with Crippen LogP contribution in [0.1, 0.15) is 40.4 Å². The number of sulfonamides is 1. The van der Waals surface area contributed by atoms with Crippen molar-refractivity contribution in [1.82, 2.24) is 14.7 Å². The van der Waals surface area contributed by atoms with E-state index in [1.54, 1.807) is 19.9 Å². The molecule has 1 rings (SSSR count). The number of nitrogen functional groups attached to an aromatic ring is 1. The minimum absolute atomic E-state index is 0.216. The predicted molar refractivity (Wildman–Crippen MR) is 85.7 cm³/mol. The first-order chi connectivity index (χ1) is 9.28. The van der Waals surface area contributed by atoms with Crippen LogP contribution in [0.4, 0.5) is 11.6 Å². The van der Waals surface area contributed by atoms with Gasteiger partial charge in [0.2, 0.25) is 10.0 Å². The third kappa shape index (κ3) is 6.26. The summed E-state index contributed by atoms with van der Waals surface area (Å²) in [5.41, 5.74) is 4.93. The Morgan fingerprint density at radius 1 is 1.19 bits per heavy atom. The molecule has 0 aliphatic heterocycles. The third-order valence-corrected chi connectivity index (χ3v) is 3.51. The Bertz CT molecular complexity index is 605. The lowest BCUT2D eigenvalue weighted by atomic mass is 9.96. The van der Waals surface area contributed by atoms with Gasteiger partial charge in [0.15, 0.2) is 0 Å². The largest absolute Gasteiger partial charge is 0.384 e. The summed E-state index contributed by atoms with van der Waals surface area (Å²) in [6.07, 6.45) is 1.13. The van der Waals surface area contributed by atoms with Crippen LogP contribution in [-0.4, -0.2) is 36.7 Å². The molecule has 0 saturated heterocycles. The van der Waals surface area contributed by atoms with Gasteiger partial charge in [-0.25, -0.2) is 23.1 Å². The highest BCUT2D eigenvalue weighted by atomic mass is 32.2. The summed E-state index contributed by atoms with van der Waals surface area (Å²) in [6.45, 7) is 9.95. The smallest absolute Gasteiger partial charge is 0.209 e. The van der Waals surface area contributed by atoms with Gasteiger partial charge in [0.1, 0.15) is 17.5 Å². The maximum atomic E-state index is 11.3. The summed E-state index contributed by atoms with van der Waals surface area (Å²) in [5, 5.41) is 3.10. The van der Waals surface area contributed by atoms with Crippen LogP contribution in [0.2, 0.25) is 0 Å². The minimum Gasteiger partial charge on any atom is -0.384 e. The number of aromatic nitrogens is 2. The SMILES string of the molecule is CC(C)(CNc1cc(N)nc(C(C)(C)C)n1)NS(C)(=O)=O. The second-order valence-corrected chi connectivity index (χ2v) is 8.61. The monoisotopic (exact) mass is 315 g/mol. The summed E-state index contributed by atoms with van der Waals surface area (Å²) >= 11 is 0. The molecule has 0 aliphatic carbocycles. The molecule has 0 saturated carbocycles. The molecule has 0 radical (unpaired) electrons. The van der Waals surface area contributed by atoms with Crippen molar-refractivity contribution in [3.05, 3.63) is 11.9 Å². The molecule has 7 nitrogen and oxygen atoms in total. The zero-order valence-electron chi connectivity index (χ0n) is 13.5. The summed E-state index contributed by atoms with van der Waals surface area (Å²) in [6, 6.07) is 1.63. The molecule has 8 heteroatoms. The van der Waals surface area contributed by atoms with Crippen molar-refractivity contribution in [2.24, 2.45) is 0 Å². The van der Waals surface area contributed by atoms with E-state index in [1.165, 1.54) is 0 Å². The first-order valence-electron chi connectivity index (χ1n) is 6.66. The van der Waals surface area contributed by atoms with Crippen molar-refractivity contribution in [2.45, 2.75) is 45.6 Å². The van der Waals surface area contributed by atoms with Gasteiger partial charge in [0.05, 0.1) is 6.26 Å². The van der Waals surface area contributed by atoms with Crippen molar-refractivity contribution >= 4 is 21.7 Å². The van der Waals surface area contributed by atoms with E-state index >= 15 is 0 Å². The van der Waals surface area contributed by atoms with Crippen LogP contribution in [0.5, 0.6) is 0 Å². The van der Waals surface area contributed by atoms with Crippen LogP contribution in [0.3, 0.4) is 0 Å². The maximum absolute atomic E-state index is 11.3. The quantitative estimate of drug-likeness (QED) is 0.750. The summed E-state index contributed by atoms with van der Waals surface area (Å²) in [5.74, 6) is 1.60. The number of rotatable bonds is 5. The normalized spacial score (nSPS) is 13.2. The highest BCUT2D eigenvalue weighted by Crippen LogP contribution is 2.21. The Morgan fingerprint density at radius 2 is 1.76 bits per heavy atom. The molecular formula is C13H25N5O2S. The molecule has 1 aromatic rings. The summed E-state index contributed by atoms with van der Waals surface area (Å²) in [4.78, 5) is 8.65. The van der Waals surface area contributed by atoms with Gasteiger partial charge in [-0.2, -0.15) is 0 Å². The maximum Gasteiger partial charge on any atom is 0.209 e. The van der Waals surface area contributed by atoms with Crippen molar-refractivity contribution in [3.8, 4) is 0 Å². The molecule has 1 aromatic heterocycles. The zero-order chi connectivity index (χ0) is 16.5. The van der Waals surface area contributed by atoms with Crippen LogP contribution in [-0.2, 0) is 15.4 Å². The number of hydrogen-bond acceptors (Lipinski definition) is 6. The van der Waals surface area contributed by atoms with Crippen LogP contribution >= 0.6 is 0 Å². The van der Waals surface area contributed by atoms with Gasteiger partial charge < -0.3 is 11.1 Å². The molecule has 0 spiro atoms. The first kappa shape index (κ1) is 17.6. The molecule has 0 amide bonds. The Labute approximate surface area is 126 Å². The second kappa shape index (κ2) is 5.76. The standard InChI is InChI=1S/C13H25N5O2S/c1-12(2,3)11-16-9(14)7-10(17-11)15-8-13(4,5)18-21(6,19)20/h7,18H,8H2,1-6H3,(H3,14,15,16,17). The minimum atomic E-state index is -3.27. The fourth-order valence-corrected chi connectivity index (χ4v) is 2.82. The van der Waals surface area contributed by atoms with E-state index in [0.29, 0.717) is 24.0 Å². The van der Waals surface area contributed by atoms with Crippen LogP contribution in [0.25, 0.3) is 0 Å². The van der Waals surface area contributed by atoms with E-state index in [2.05, 4.69) is 20.0 Å². The van der Waals surface area contributed by atoms with Gasteiger partial charge in [-0.05, 0) is 13.8 Å². The average Bonchev–Trinajstić information content (AvgIpc) is 2.21. The van der Waals surface area contributed by atoms with Crippen LogP contribution in [0, 0.1) is 0 Å². The highest BCUT2D eigenvalue weighted by molar-refractivity contribution is 7.88. The lowest BCUT2D eigenvalue weighted by Crippen LogP contribution is -2.47. The van der Waals surface area contributed by atoms with Crippen molar-refractivity contribution < 1.29 is 8.42 Å². The Balaban J connectivity index is 2.87. The topological polar surface area (TPSA) is 110 Å². The molecule has 21 heavy (non-hydrogen) atoms. The Morgan fingerprint density at radius 3 is 2.24 bits per heavy atom. The fraction of sp³-hybridized carbons (Fsp3) is 0.692. The molecule has 0 bridgehead atoms. The zero-order valence-corrected chi connectivity index (χ0v) is 14.3. The van der Waals surface area contributed by atoms with Crippen molar-refractivity contribution in [2.75, 3.05) is 23.9 Å². The van der Waals surface area contributed by atoms with Gasteiger partial charge in [-0.1, -0.05) is 20.8 Å². The number of nitrogens with one attached hydrogen (secondary N) is 2. The average molecular weight is 315 g/mol. The van der Waals surface area contributed by atoms with Gasteiger partial charge in [0.25, 0.3) is 0 Å². The van der Waals surface area contributed by atoms with Crippen LogP contribution in [0.15, 0.2) is 6.07 Å². The summed E-state index contributed by atoms with van der Waals surface area (Å²) < 4.78 is 25.2. The van der Waals surface area contributed by atoms with Crippen molar-refractivity contribution in [1.29, 1.82) is 0 Å². The predicted octanol–water partition coefficient (Wildman–Crippen LogP) is 1.10. The Kier molecular flexibility index (Phi) is 4.84. The Hall–Kier alpha value is -1.41. The van der Waals surface area contributed by atoms with E-state index in [9.17, 15) is 8.42 Å². The summed E-state index contributed by atoms with van der Waals surface area (Å²) in [7, 11) is -3.27. The third-order valence-electron chi connectivity index (χ3n) is 2.59. The van der Waals surface area contributed by atoms with E-state index in [4.69, 9.17) is 5.73 Å². The molecular weight excluding hydrogens is 290 g/mol. The number of anilines is 2. The van der Waals surface area contributed by atoms with Gasteiger partial charge in [-0.3, -0.25) is 0 Å². The van der Waals surface area contributed by atoms with Crippen molar-refractivity contribution in [3.63, 3.8) is 0 Å². The van der Waals surface area contributed by atoms with Crippen LogP contribution < -0.4 is 15.8 Å². The molecule has 0 unspecified atom stereocenters. The van der Waals surface area contributed by atoms with E-state index < -0.39 is 15.6 Å². The number of hydrogen-bond donors (Lipinski definition) is 3.